The summed E-state index contributed by atoms with van der Waals surface area (Å²) in [5.74, 6) is 0.462. The van der Waals surface area contributed by atoms with E-state index in [1.165, 1.54) is 29.8 Å². The number of ether oxygens (including phenoxy) is 1. The molecule has 10 heteroatoms. The molecule has 1 aliphatic rings. The molecule has 1 saturated heterocycles. The van der Waals surface area contributed by atoms with Gasteiger partial charge in [-0.2, -0.15) is 0 Å². The molecule has 1 fully saturated rings. The van der Waals surface area contributed by atoms with Crippen molar-refractivity contribution in [2.45, 2.75) is 25.2 Å². The minimum Gasteiger partial charge on any atom is -0.378 e. The highest BCUT2D eigenvalue weighted by atomic mass is 32.2. The van der Waals surface area contributed by atoms with Gasteiger partial charge in [-0.1, -0.05) is 13.8 Å². The number of hydrogen-bond donors (Lipinski definition) is 1. The molecule has 9 nitrogen and oxygen atoms in total. The number of carbonyl (C=O) groups is 2. The highest BCUT2D eigenvalue weighted by Gasteiger charge is 2.21. The fourth-order valence-electron chi connectivity index (χ4n) is 3.60. The number of thioether (sulfide) groups is 1. The maximum absolute atomic E-state index is 12.8. The summed E-state index contributed by atoms with van der Waals surface area (Å²) in [6, 6.07) is 12.0. The van der Waals surface area contributed by atoms with Crippen molar-refractivity contribution in [3.05, 3.63) is 58.1 Å². The summed E-state index contributed by atoms with van der Waals surface area (Å²) in [5, 5.41) is 14.4. The van der Waals surface area contributed by atoms with Gasteiger partial charge in [-0.05, 0) is 54.5 Å². The third-order valence-corrected chi connectivity index (χ3v) is 6.71. The molecule has 0 saturated carbocycles. The van der Waals surface area contributed by atoms with E-state index in [1.54, 1.807) is 12.1 Å². The van der Waals surface area contributed by atoms with Gasteiger partial charge in [0.1, 0.15) is 0 Å². The Bertz CT molecular complexity index is 1040. The predicted octanol–water partition coefficient (Wildman–Crippen LogP) is 4.28. The lowest BCUT2D eigenvalue weighted by Gasteiger charge is -2.28. The van der Waals surface area contributed by atoms with E-state index >= 15 is 0 Å². The van der Waals surface area contributed by atoms with Crippen molar-refractivity contribution in [3.8, 4) is 0 Å². The number of amides is 2. The molecule has 2 amide bonds. The first-order valence-electron chi connectivity index (χ1n) is 11.6. The summed E-state index contributed by atoms with van der Waals surface area (Å²) in [5.41, 5.74) is 1.77. The van der Waals surface area contributed by atoms with Crippen molar-refractivity contribution in [1.29, 1.82) is 0 Å². The molecule has 0 atom stereocenters. The van der Waals surface area contributed by atoms with Gasteiger partial charge in [0.2, 0.25) is 5.91 Å². The van der Waals surface area contributed by atoms with Gasteiger partial charge >= 0.3 is 0 Å². The minimum absolute atomic E-state index is 0.0946. The van der Waals surface area contributed by atoms with Crippen molar-refractivity contribution in [2.24, 2.45) is 5.92 Å². The van der Waals surface area contributed by atoms with Crippen molar-refractivity contribution in [1.82, 2.24) is 4.90 Å². The molecule has 0 spiro atoms. The molecule has 0 aromatic heterocycles. The quantitative estimate of drug-likeness (QED) is 0.295. The molecule has 0 radical (unpaired) electrons. The summed E-state index contributed by atoms with van der Waals surface area (Å²) < 4.78 is 5.37. The van der Waals surface area contributed by atoms with Crippen LogP contribution in [0, 0.1) is 16.0 Å². The molecular formula is C25H32N4O5S. The molecule has 3 rings (SSSR count). The topological polar surface area (TPSA) is 105 Å². The van der Waals surface area contributed by atoms with Crippen LogP contribution in [0.25, 0.3) is 0 Å². The molecule has 0 bridgehead atoms. The van der Waals surface area contributed by atoms with E-state index in [9.17, 15) is 19.7 Å². The van der Waals surface area contributed by atoms with E-state index in [1.807, 2.05) is 24.3 Å². The normalized spacial score (nSPS) is 13.5. The maximum atomic E-state index is 12.8. The SMILES string of the molecule is CC(C)CCSc1ccc(C(=O)N(C)CC(=O)Nc2ccc(N3CCOCC3)cc2)cc1[N+](=O)[O-]. The summed E-state index contributed by atoms with van der Waals surface area (Å²) in [4.78, 5) is 40.4. The number of benzene rings is 2. The van der Waals surface area contributed by atoms with Crippen LogP contribution in [-0.4, -0.2) is 67.3 Å². The van der Waals surface area contributed by atoms with Crippen LogP contribution in [0.1, 0.15) is 30.6 Å². The van der Waals surface area contributed by atoms with Crippen molar-refractivity contribution in [2.75, 3.05) is 55.9 Å². The van der Waals surface area contributed by atoms with Gasteiger partial charge in [-0.15, -0.1) is 11.8 Å². The zero-order valence-electron chi connectivity index (χ0n) is 20.4. The van der Waals surface area contributed by atoms with Gasteiger partial charge in [-0.25, -0.2) is 0 Å². The second kappa shape index (κ2) is 12.6. The second-order valence-corrected chi connectivity index (χ2v) is 9.96. The average molecular weight is 501 g/mol. The van der Waals surface area contributed by atoms with E-state index in [0.717, 1.165) is 31.0 Å². The van der Waals surface area contributed by atoms with E-state index in [0.29, 0.717) is 29.7 Å². The second-order valence-electron chi connectivity index (χ2n) is 8.83. The average Bonchev–Trinajstić information content (AvgIpc) is 2.84. The Balaban J connectivity index is 1.58. The number of nitrogens with zero attached hydrogens (tertiary/aromatic N) is 3. The highest BCUT2D eigenvalue weighted by Crippen LogP contribution is 2.31. The van der Waals surface area contributed by atoms with E-state index in [2.05, 4.69) is 24.1 Å². The fourth-order valence-corrected chi connectivity index (χ4v) is 4.86. The molecule has 2 aromatic rings. The van der Waals surface area contributed by atoms with Crippen LogP contribution in [0.2, 0.25) is 0 Å². The van der Waals surface area contributed by atoms with E-state index < -0.39 is 10.8 Å². The Morgan fingerprint density at radius 3 is 2.49 bits per heavy atom. The third-order valence-electron chi connectivity index (χ3n) is 5.61. The number of carbonyl (C=O) groups excluding carboxylic acids is 2. The number of anilines is 2. The zero-order valence-corrected chi connectivity index (χ0v) is 21.2. The Hall–Kier alpha value is -3.11. The molecule has 2 aromatic carbocycles. The number of likely N-dealkylation sites (N-methyl/N-ethyl adjacent to an activating group) is 1. The van der Waals surface area contributed by atoms with Crippen LogP contribution in [0.4, 0.5) is 17.1 Å². The standard InChI is InChI=1S/C25H32N4O5S/c1-18(2)10-15-35-23-9-4-19(16-22(23)29(32)33)25(31)27(3)17-24(30)26-20-5-7-21(8-6-20)28-11-13-34-14-12-28/h4-9,16,18H,10-15,17H2,1-3H3,(H,26,30). The number of hydrogen-bond acceptors (Lipinski definition) is 7. The Labute approximate surface area is 210 Å². The maximum Gasteiger partial charge on any atom is 0.283 e. The predicted molar refractivity (Wildman–Crippen MR) is 138 cm³/mol. The Kier molecular flexibility index (Phi) is 9.50. The minimum atomic E-state index is -0.470. The first-order chi connectivity index (χ1) is 16.7. The Morgan fingerprint density at radius 2 is 1.86 bits per heavy atom. The summed E-state index contributed by atoms with van der Waals surface area (Å²) in [6.07, 6.45) is 0.941. The number of morpholine rings is 1. The van der Waals surface area contributed by atoms with Crippen LogP contribution >= 0.6 is 11.8 Å². The van der Waals surface area contributed by atoms with Crippen LogP contribution in [0.15, 0.2) is 47.4 Å². The first-order valence-corrected chi connectivity index (χ1v) is 12.6. The smallest absolute Gasteiger partial charge is 0.283 e. The first kappa shape index (κ1) is 26.5. The van der Waals surface area contributed by atoms with Crippen molar-refractivity contribution in [3.63, 3.8) is 0 Å². The zero-order chi connectivity index (χ0) is 25.4. The number of nitrogens with one attached hydrogen (secondary N) is 1. The molecule has 1 heterocycles. The lowest BCUT2D eigenvalue weighted by atomic mass is 10.1. The van der Waals surface area contributed by atoms with Gasteiger partial charge in [0.05, 0.1) is 29.6 Å². The summed E-state index contributed by atoms with van der Waals surface area (Å²) in [7, 11) is 1.50. The molecule has 188 valence electrons. The Morgan fingerprint density at radius 1 is 1.17 bits per heavy atom. The van der Waals surface area contributed by atoms with Crippen LogP contribution in [-0.2, 0) is 9.53 Å². The molecular weight excluding hydrogens is 468 g/mol. The van der Waals surface area contributed by atoms with E-state index in [4.69, 9.17) is 4.74 Å². The van der Waals surface area contributed by atoms with Crippen molar-refractivity contribution >= 4 is 40.6 Å². The third kappa shape index (κ3) is 7.69. The largest absolute Gasteiger partial charge is 0.378 e. The van der Waals surface area contributed by atoms with Gasteiger partial charge in [0.25, 0.3) is 11.6 Å². The van der Waals surface area contributed by atoms with Gasteiger partial charge in [0.15, 0.2) is 0 Å². The fraction of sp³-hybridized carbons (Fsp3) is 0.440. The number of rotatable bonds is 10. The van der Waals surface area contributed by atoms with Gasteiger partial charge in [0, 0.05) is 43.1 Å². The lowest BCUT2D eigenvalue weighted by molar-refractivity contribution is -0.387. The van der Waals surface area contributed by atoms with Gasteiger partial charge < -0.3 is 19.9 Å². The van der Waals surface area contributed by atoms with Crippen LogP contribution < -0.4 is 10.2 Å². The monoisotopic (exact) mass is 500 g/mol. The molecule has 1 N–H and O–H groups in total. The van der Waals surface area contributed by atoms with Crippen LogP contribution in [0.5, 0.6) is 0 Å². The number of nitro groups is 1. The number of nitro benzene ring substituents is 1. The molecule has 0 aliphatic carbocycles. The molecule has 1 aliphatic heterocycles. The van der Waals surface area contributed by atoms with Gasteiger partial charge in [-0.3, -0.25) is 19.7 Å². The van der Waals surface area contributed by atoms with Crippen LogP contribution in [0.3, 0.4) is 0 Å². The molecule has 0 unspecified atom stereocenters. The summed E-state index contributed by atoms with van der Waals surface area (Å²) in [6.45, 7) is 7.07. The van der Waals surface area contributed by atoms with Crippen molar-refractivity contribution < 1.29 is 19.2 Å². The lowest BCUT2D eigenvalue weighted by Crippen LogP contribution is -2.36. The summed E-state index contributed by atoms with van der Waals surface area (Å²) >= 11 is 1.41. The highest BCUT2D eigenvalue weighted by molar-refractivity contribution is 7.99. The van der Waals surface area contributed by atoms with E-state index in [-0.39, 0.29) is 23.7 Å². The molecule has 35 heavy (non-hydrogen) atoms.